The Kier molecular flexibility index (Phi) is 4.21. The van der Waals surface area contributed by atoms with Crippen LogP contribution in [0.25, 0.3) is 0 Å². The summed E-state index contributed by atoms with van der Waals surface area (Å²) in [6, 6.07) is 0. The van der Waals surface area contributed by atoms with Gasteiger partial charge in [0.25, 0.3) is 0 Å². The molecule has 0 aromatic carbocycles. The summed E-state index contributed by atoms with van der Waals surface area (Å²) in [6.45, 7) is 12.8. The van der Waals surface area contributed by atoms with Crippen LogP contribution in [0.4, 0.5) is 0 Å². The highest BCUT2D eigenvalue weighted by Gasteiger charge is 2.17. The lowest BCUT2D eigenvalue weighted by Gasteiger charge is -2.26. The normalized spacial score (nSPS) is 13.5. The second-order valence-electron chi connectivity index (χ2n) is 5.13. The minimum atomic E-state index is -0.0503. The van der Waals surface area contributed by atoms with Crippen LogP contribution < -0.4 is 5.32 Å². The molecule has 0 radical (unpaired) electrons. The van der Waals surface area contributed by atoms with Crippen molar-refractivity contribution in [2.75, 3.05) is 20.2 Å². The Balaban J connectivity index is 3.57. The van der Waals surface area contributed by atoms with Gasteiger partial charge in [-0.15, -0.1) is 0 Å². The van der Waals surface area contributed by atoms with Gasteiger partial charge >= 0.3 is 0 Å². The first-order valence-electron chi connectivity index (χ1n) is 4.53. The Hall–Kier alpha value is -0.0800. The molecule has 0 spiro atoms. The highest BCUT2D eigenvalue weighted by molar-refractivity contribution is 4.73. The minimum Gasteiger partial charge on any atom is -0.377 e. The lowest BCUT2D eigenvalue weighted by atomic mass is 9.96. The maximum absolute atomic E-state index is 5.29. The molecule has 0 bridgehead atoms. The van der Waals surface area contributed by atoms with Gasteiger partial charge in [0.2, 0.25) is 0 Å². The quantitative estimate of drug-likeness (QED) is 0.702. The Morgan fingerprint density at radius 3 is 1.83 bits per heavy atom. The van der Waals surface area contributed by atoms with Crippen LogP contribution in [0, 0.1) is 5.41 Å². The number of rotatable bonds is 4. The molecule has 0 fully saturated rings. The summed E-state index contributed by atoms with van der Waals surface area (Å²) in [5.74, 6) is 0. The topological polar surface area (TPSA) is 21.3 Å². The first-order chi connectivity index (χ1) is 5.27. The first kappa shape index (κ1) is 11.9. The van der Waals surface area contributed by atoms with Crippen molar-refractivity contribution in [1.29, 1.82) is 0 Å². The predicted octanol–water partition coefficient (Wildman–Crippen LogP) is 2.05. The molecule has 0 aromatic heterocycles. The molecule has 0 aromatic rings. The molecule has 0 saturated heterocycles. The smallest absolute Gasteiger partial charge is 0.0746 e. The van der Waals surface area contributed by atoms with E-state index in [-0.39, 0.29) is 5.60 Å². The Labute approximate surface area is 76.7 Å². The monoisotopic (exact) mass is 173 g/mol. The molecule has 0 aliphatic rings. The van der Waals surface area contributed by atoms with E-state index in [0.717, 1.165) is 13.1 Å². The van der Waals surface area contributed by atoms with E-state index in [9.17, 15) is 0 Å². The Bertz CT molecular complexity index is 124. The maximum atomic E-state index is 5.29. The van der Waals surface area contributed by atoms with Gasteiger partial charge in [0.05, 0.1) is 5.60 Å². The van der Waals surface area contributed by atoms with Gasteiger partial charge in [0.1, 0.15) is 0 Å². The van der Waals surface area contributed by atoms with E-state index in [2.05, 4.69) is 39.9 Å². The lowest BCUT2D eigenvalue weighted by Crippen LogP contribution is -2.40. The van der Waals surface area contributed by atoms with Crippen molar-refractivity contribution in [2.24, 2.45) is 5.41 Å². The fourth-order valence-electron chi connectivity index (χ4n) is 0.811. The van der Waals surface area contributed by atoms with Crippen LogP contribution in [0.1, 0.15) is 34.6 Å². The molecule has 0 aliphatic heterocycles. The molecule has 1 N–H and O–H groups in total. The molecule has 0 rings (SSSR count). The second-order valence-corrected chi connectivity index (χ2v) is 5.13. The van der Waals surface area contributed by atoms with Crippen molar-refractivity contribution in [1.82, 2.24) is 5.32 Å². The molecule has 0 unspecified atom stereocenters. The molecule has 74 valence electrons. The van der Waals surface area contributed by atoms with E-state index in [1.807, 2.05) is 0 Å². The molecule has 0 atom stereocenters. The zero-order chi connectivity index (χ0) is 9.83. The van der Waals surface area contributed by atoms with Crippen LogP contribution in [0.15, 0.2) is 0 Å². The van der Waals surface area contributed by atoms with E-state index in [1.54, 1.807) is 7.11 Å². The average molecular weight is 173 g/mol. The van der Waals surface area contributed by atoms with E-state index >= 15 is 0 Å². The average Bonchev–Trinajstić information content (AvgIpc) is 1.84. The SMILES string of the molecule is COC(C)(C)CNCC(C)(C)C. The fourth-order valence-corrected chi connectivity index (χ4v) is 0.811. The van der Waals surface area contributed by atoms with Gasteiger partial charge in [0.15, 0.2) is 0 Å². The van der Waals surface area contributed by atoms with E-state index in [1.165, 1.54) is 0 Å². The van der Waals surface area contributed by atoms with Crippen LogP contribution >= 0.6 is 0 Å². The van der Waals surface area contributed by atoms with Crippen LogP contribution in [0.3, 0.4) is 0 Å². The van der Waals surface area contributed by atoms with Gasteiger partial charge in [-0.3, -0.25) is 0 Å². The standard InChI is InChI=1S/C10H23NO/c1-9(2,3)7-11-8-10(4,5)12-6/h11H,7-8H2,1-6H3. The van der Waals surface area contributed by atoms with Gasteiger partial charge in [-0.1, -0.05) is 20.8 Å². The summed E-state index contributed by atoms with van der Waals surface area (Å²) in [5, 5.41) is 3.39. The van der Waals surface area contributed by atoms with Crippen LogP contribution in [0.5, 0.6) is 0 Å². The summed E-state index contributed by atoms with van der Waals surface area (Å²) >= 11 is 0. The number of methoxy groups -OCH3 is 1. The Morgan fingerprint density at radius 2 is 1.50 bits per heavy atom. The first-order valence-corrected chi connectivity index (χ1v) is 4.53. The summed E-state index contributed by atoms with van der Waals surface area (Å²) in [7, 11) is 1.75. The molecule has 0 amide bonds. The minimum absolute atomic E-state index is 0.0503. The van der Waals surface area contributed by atoms with Crippen LogP contribution in [-0.2, 0) is 4.74 Å². The van der Waals surface area contributed by atoms with Crippen molar-refractivity contribution in [3.63, 3.8) is 0 Å². The summed E-state index contributed by atoms with van der Waals surface area (Å²) in [5.41, 5.74) is 0.301. The van der Waals surface area contributed by atoms with Crippen molar-refractivity contribution in [2.45, 2.75) is 40.2 Å². The van der Waals surface area contributed by atoms with Crippen LogP contribution in [0.2, 0.25) is 0 Å². The van der Waals surface area contributed by atoms with Crippen molar-refractivity contribution in [3.05, 3.63) is 0 Å². The van der Waals surface area contributed by atoms with Crippen molar-refractivity contribution >= 4 is 0 Å². The van der Waals surface area contributed by atoms with Crippen molar-refractivity contribution in [3.8, 4) is 0 Å². The third-order valence-corrected chi connectivity index (χ3v) is 1.76. The molecule has 2 nitrogen and oxygen atoms in total. The van der Waals surface area contributed by atoms with Gasteiger partial charge < -0.3 is 10.1 Å². The summed E-state index contributed by atoms with van der Waals surface area (Å²) in [4.78, 5) is 0. The molecule has 0 saturated carbocycles. The van der Waals surface area contributed by atoms with Gasteiger partial charge in [0, 0.05) is 20.2 Å². The third-order valence-electron chi connectivity index (χ3n) is 1.76. The highest BCUT2D eigenvalue weighted by Crippen LogP contribution is 2.11. The number of ether oxygens (including phenoxy) is 1. The van der Waals surface area contributed by atoms with Gasteiger partial charge in [-0.25, -0.2) is 0 Å². The highest BCUT2D eigenvalue weighted by atomic mass is 16.5. The van der Waals surface area contributed by atoms with Gasteiger partial charge in [-0.2, -0.15) is 0 Å². The van der Waals surface area contributed by atoms with Gasteiger partial charge in [-0.05, 0) is 19.3 Å². The lowest BCUT2D eigenvalue weighted by molar-refractivity contribution is 0.0219. The molecular formula is C10H23NO. The fraction of sp³-hybridized carbons (Fsp3) is 1.00. The number of nitrogens with one attached hydrogen (secondary N) is 1. The molecule has 0 aliphatic carbocycles. The third kappa shape index (κ3) is 6.62. The molecule has 0 heterocycles. The molecular weight excluding hydrogens is 150 g/mol. The second kappa shape index (κ2) is 4.24. The molecule has 12 heavy (non-hydrogen) atoms. The Morgan fingerprint density at radius 1 is 1.00 bits per heavy atom. The zero-order valence-corrected chi connectivity index (χ0v) is 9.32. The van der Waals surface area contributed by atoms with E-state index in [4.69, 9.17) is 4.74 Å². The van der Waals surface area contributed by atoms with E-state index < -0.39 is 0 Å². The van der Waals surface area contributed by atoms with Crippen molar-refractivity contribution < 1.29 is 4.74 Å². The van der Waals surface area contributed by atoms with Crippen LogP contribution in [-0.4, -0.2) is 25.8 Å². The molecule has 2 heteroatoms. The summed E-state index contributed by atoms with van der Waals surface area (Å²) in [6.07, 6.45) is 0. The summed E-state index contributed by atoms with van der Waals surface area (Å²) < 4.78 is 5.29. The maximum Gasteiger partial charge on any atom is 0.0746 e. The zero-order valence-electron chi connectivity index (χ0n) is 9.32. The number of hydrogen-bond acceptors (Lipinski definition) is 2. The predicted molar refractivity (Wildman–Crippen MR) is 53.4 cm³/mol. The largest absolute Gasteiger partial charge is 0.377 e. The number of hydrogen-bond donors (Lipinski definition) is 1. The van der Waals surface area contributed by atoms with E-state index in [0.29, 0.717) is 5.41 Å².